The maximum Gasteiger partial charge on any atom is 0.305 e. The van der Waals surface area contributed by atoms with E-state index in [9.17, 15) is 9.59 Å². The summed E-state index contributed by atoms with van der Waals surface area (Å²) in [5.41, 5.74) is -0.220. The third kappa shape index (κ3) is 3.55. The molecule has 1 saturated carbocycles. The molecule has 1 fully saturated rings. The van der Waals surface area contributed by atoms with Gasteiger partial charge >= 0.3 is 5.97 Å². The largest absolute Gasteiger partial charge is 0.481 e. The van der Waals surface area contributed by atoms with E-state index in [1.165, 1.54) is 0 Å². The molecular formula is C13H20N4O3. The maximum atomic E-state index is 12.1. The van der Waals surface area contributed by atoms with Gasteiger partial charge in [0.1, 0.15) is 5.82 Å². The summed E-state index contributed by atoms with van der Waals surface area (Å²) < 4.78 is 0. The number of hydrogen-bond donors (Lipinski definition) is 3. The number of aromatic amines is 1. The number of carbonyl (C=O) groups is 2. The van der Waals surface area contributed by atoms with Crippen LogP contribution in [0.5, 0.6) is 0 Å². The SMILES string of the molecule is CC(C)(C)c1nc(C(=O)NC(CC(=O)O)C2CC2)n[nH]1. The minimum absolute atomic E-state index is 0.0611. The van der Waals surface area contributed by atoms with Gasteiger partial charge in [-0.15, -0.1) is 5.10 Å². The molecule has 1 aliphatic rings. The lowest BCUT2D eigenvalue weighted by Crippen LogP contribution is -2.38. The Hall–Kier alpha value is -1.92. The van der Waals surface area contributed by atoms with Crippen molar-refractivity contribution in [2.75, 3.05) is 0 Å². The molecule has 1 amide bonds. The molecule has 1 atom stereocenters. The van der Waals surface area contributed by atoms with Crippen LogP contribution in [0, 0.1) is 5.92 Å². The van der Waals surface area contributed by atoms with Crippen LogP contribution >= 0.6 is 0 Å². The van der Waals surface area contributed by atoms with Crippen LogP contribution in [-0.2, 0) is 10.2 Å². The zero-order valence-electron chi connectivity index (χ0n) is 11.9. The highest BCUT2D eigenvalue weighted by Gasteiger charge is 2.34. The van der Waals surface area contributed by atoms with Crippen molar-refractivity contribution in [1.29, 1.82) is 0 Å². The maximum absolute atomic E-state index is 12.1. The number of nitrogens with one attached hydrogen (secondary N) is 2. The fourth-order valence-corrected chi connectivity index (χ4v) is 1.95. The van der Waals surface area contributed by atoms with Crippen LogP contribution in [0.25, 0.3) is 0 Å². The fraction of sp³-hybridized carbons (Fsp3) is 0.692. The van der Waals surface area contributed by atoms with Gasteiger partial charge in [0.2, 0.25) is 5.82 Å². The Morgan fingerprint density at radius 3 is 2.55 bits per heavy atom. The summed E-state index contributed by atoms with van der Waals surface area (Å²) in [6.07, 6.45) is 1.85. The van der Waals surface area contributed by atoms with Crippen molar-refractivity contribution < 1.29 is 14.7 Å². The molecule has 0 aliphatic heterocycles. The standard InChI is InChI=1S/C13H20N4O3/c1-13(2,3)12-15-10(16-17-12)11(20)14-8(6-9(18)19)7-4-5-7/h7-8H,4-6H2,1-3H3,(H,14,20)(H,18,19)(H,15,16,17). The van der Waals surface area contributed by atoms with Crippen LogP contribution in [0.2, 0.25) is 0 Å². The van der Waals surface area contributed by atoms with Gasteiger partial charge in [0.15, 0.2) is 0 Å². The van der Waals surface area contributed by atoms with E-state index in [1.54, 1.807) is 0 Å². The fourth-order valence-electron chi connectivity index (χ4n) is 1.95. The Bertz CT molecular complexity index is 514. The number of hydrogen-bond acceptors (Lipinski definition) is 4. The third-order valence-electron chi connectivity index (χ3n) is 3.30. The number of H-pyrrole nitrogens is 1. The number of carboxylic acid groups (broad SMARTS) is 1. The zero-order chi connectivity index (χ0) is 14.9. The molecule has 1 unspecified atom stereocenters. The second-order valence-electron chi connectivity index (χ2n) is 6.27. The van der Waals surface area contributed by atoms with Gasteiger partial charge in [-0.3, -0.25) is 14.7 Å². The van der Waals surface area contributed by atoms with E-state index in [-0.39, 0.29) is 29.6 Å². The van der Waals surface area contributed by atoms with Crippen molar-refractivity contribution in [2.45, 2.75) is 51.5 Å². The summed E-state index contributed by atoms with van der Waals surface area (Å²) in [5.74, 6) is -0.381. The molecule has 20 heavy (non-hydrogen) atoms. The predicted molar refractivity (Wildman–Crippen MR) is 71.3 cm³/mol. The molecule has 0 radical (unpaired) electrons. The van der Waals surface area contributed by atoms with Crippen molar-refractivity contribution in [2.24, 2.45) is 5.92 Å². The average molecular weight is 280 g/mol. The molecule has 2 rings (SSSR count). The van der Waals surface area contributed by atoms with Crippen LogP contribution in [0.1, 0.15) is 56.5 Å². The number of carbonyl (C=O) groups excluding carboxylic acids is 1. The number of rotatable bonds is 5. The number of nitrogens with zero attached hydrogens (tertiary/aromatic N) is 2. The van der Waals surface area contributed by atoms with Crippen LogP contribution in [0.3, 0.4) is 0 Å². The van der Waals surface area contributed by atoms with Gasteiger partial charge < -0.3 is 10.4 Å². The van der Waals surface area contributed by atoms with E-state index in [4.69, 9.17) is 5.11 Å². The first-order valence-corrected chi connectivity index (χ1v) is 6.73. The van der Waals surface area contributed by atoms with E-state index in [0.717, 1.165) is 12.8 Å². The van der Waals surface area contributed by atoms with E-state index >= 15 is 0 Å². The summed E-state index contributed by atoms with van der Waals surface area (Å²) in [7, 11) is 0. The van der Waals surface area contributed by atoms with Gasteiger partial charge in [-0.2, -0.15) is 0 Å². The monoisotopic (exact) mass is 280 g/mol. The summed E-state index contributed by atoms with van der Waals surface area (Å²) >= 11 is 0. The Morgan fingerprint density at radius 1 is 1.45 bits per heavy atom. The van der Waals surface area contributed by atoms with E-state index in [2.05, 4.69) is 20.5 Å². The number of amides is 1. The molecule has 1 heterocycles. The van der Waals surface area contributed by atoms with Crippen molar-refractivity contribution in [3.63, 3.8) is 0 Å². The van der Waals surface area contributed by atoms with E-state index in [0.29, 0.717) is 5.82 Å². The molecule has 7 heteroatoms. The number of carboxylic acids is 1. The molecular weight excluding hydrogens is 260 g/mol. The first-order chi connectivity index (χ1) is 9.27. The first-order valence-electron chi connectivity index (χ1n) is 6.73. The predicted octanol–water partition coefficient (Wildman–Crippen LogP) is 1.09. The molecule has 0 bridgehead atoms. The normalized spacial score (nSPS) is 16.8. The van der Waals surface area contributed by atoms with Gasteiger partial charge in [-0.1, -0.05) is 20.8 Å². The number of aromatic nitrogens is 3. The molecule has 3 N–H and O–H groups in total. The molecule has 7 nitrogen and oxygen atoms in total. The zero-order valence-corrected chi connectivity index (χ0v) is 11.9. The molecule has 110 valence electrons. The Labute approximate surface area is 117 Å². The minimum Gasteiger partial charge on any atom is -0.481 e. The molecule has 0 aromatic carbocycles. The smallest absolute Gasteiger partial charge is 0.305 e. The molecule has 0 saturated heterocycles. The van der Waals surface area contributed by atoms with Crippen molar-refractivity contribution in [3.8, 4) is 0 Å². The molecule has 1 aromatic heterocycles. The second kappa shape index (κ2) is 5.22. The average Bonchev–Trinajstić information content (AvgIpc) is 3.02. The van der Waals surface area contributed by atoms with Gasteiger partial charge in [-0.05, 0) is 18.8 Å². The van der Waals surface area contributed by atoms with Crippen molar-refractivity contribution in [1.82, 2.24) is 20.5 Å². The minimum atomic E-state index is -0.910. The highest BCUT2D eigenvalue weighted by molar-refractivity contribution is 5.90. The quantitative estimate of drug-likeness (QED) is 0.748. The van der Waals surface area contributed by atoms with Gasteiger partial charge in [-0.25, -0.2) is 4.98 Å². The molecule has 1 aromatic rings. The topological polar surface area (TPSA) is 108 Å². The van der Waals surface area contributed by atoms with Crippen LogP contribution in [-0.4, -0.2) is 38.2 Å². The molecule has 0 spiro atoms. The van der Waals surface area contributed by atoms with Crippen LogP contribution < -0.4 is 5.32 Å². The van der Waals surface area contributed by atoms with Gasteiger partial charge in [0.25, 0.3) is 5.91 Å². The van der Waals surface area contributed by atoms with Crippen LogP contribution in [0.4, 0.5) is 0 Å². The second-order valence-corrected chi connectivity index (χ2v) is 6.27. The van der Waals surface area contributed by atoms with Crippen molar-refractivity contribution in [3.05, 3.63) is 11.6 Å². The summed E-state index contributed by atoms with van der Waals surface area (Å²) in [6.45, 7) is 5.89. The highest BCUT2D eigenvalue weighted by atomic mass is 16.4. The first kappa shape index (κ1) is 14.5. The van der Waals surface area contributed by atoms with E-state index < -0.39 is 11.9 Å². The third-order valence-corrected chi connectivity index (χ3v) is 3.30. The summed E-state index contributed by atoms with van der Waals surface area (Å²) in [5, 5.41) is 18.2. The summed E-state index contributed by atoms with van der Waals surface area (Å²) in [4.78, 5) is 27.0. The van der Waals surface area contributed by atoms with Crippen molar-refractivity contribution >= 4 is 11.9 Å². The Morgan fingerprint density at radius 2 is 2.10 bits per heavy atom. The summed E-state index contributed by atoms with van der Waals surface area (Å²) in [6, 6.07) is -0.336. The Kier molecular flexibility index (Phi) is 3.78. The molecule has 1 aliphatic carbocycles. The van der Waals surface area contributed by atoms with Gasteiger partial charge in [0, 0.05) is 11.5 Å². The van der Waals surface area contributed by atoms with Crippen LogP contribution in [0.15, 0.2) is 0 Å². The lowest BCUT2D eigenvalue weighted by Gasteiger charge is -2.15. The lowest BCUT2D eigenvalue weighted by molar-refractivity contribution is -0.137. The van der Waals surface area contributed by atoms with Gasteiger partial charge in [0.05, 0.1) is 6.42 Å². The highest BCUT2D eigenvalue weighted by Crippen LogP contribution is 2.34. The lowest BCUT2D eigenvalue weighted by atomic mass is 9.96. The Balaban J connectivity index is 2.03. The van der Waals surface area contributed by atoms with E-state index in [1.807, 2.05) is 20.8 Å². The number of aliphatic carboxylic acids is 1.